The first kappa shape index (κ1) is 22.9. The average Bonchev–Trinajstić information content (AvgIpc) is 3.56. The van der Waals surface area contributed by atoms with Gasteiger partial charge in [-0.15, -0.1) is 16.4 Å². The molecule has 0 aliphatic carbocycles. The minimum atomic E-state index is -0.133. The molecule has 7 nitrogen and oxygen atoms in total. The number of nitrogens with one attached hydrogen (secondary N) is 1. The molecular weight excluding hydrogens is 464 g/mol. The van der Waals surface area contributed by atoms with Gasteiger partial charge >= 0.3 is 0 Å². The maximum Gasteiger partial charge on any atom is 0.264 e. The molecule has 0 saturated carbocycles. The van der Waals surface area contributed by atoms with Crippen molar-refractivity contribution in [3.05, 3.63) is 52.2 Å². The lowest BCUT2D eigenvalue weighted by atomic mass is 10.1. The van der Waals surface area contributed by atoms with Crippen molar-refractivity contribution in [3.8, 4) is 11.3 Å². The van der Waals surface area contributed by atoms with Crippen LogP contribution in [0.2, 0.25) is 0 Å². The van der Waals surface area contributed by atoms with Gasteiger partial charge in [0.1, 0.15) is 5.69 Å². The van der Waals surface area contributed by atoms with E-state index in [-0.39, 0.29) is 11.4 Å². The topological polar surface area (TPSA) is 65.8 Å². The Bertz CT molecular complexity index is 1280. The Morgan fingerprint density at radius 1 is 1.09 bits per heavy atom. The summed E-state index contributed by atoms with van der Waals surface area (Å²) in [5.41, 5.74) is 3.19. The van der Waals surface area contributed by atoms with E-state index in [1.54, 1.807) is 11.3 Å². The van der Waals surface area contributed by atoms with Crippen molar-refractivity contribution in [2.24, 2.45) is 0 Å². The van der Waals surface area contributed by atoms with E-state index in [0.29, 0.717) is 13.1 Å². The van der Waals surface area contributed by atoms with Gasteiger partial charge in [0, 0.05) is 37.3 Å². The van der Waals surface area contributed by atoms with Crippen molar-refractivity contribution in [1.29, 1.82) is 0 Å². The van der Waals surface area contributed by atoms with E-state index >= 15 is 0 Å². The molecule has 34 heavy (non-hydrogen) atoms. The molecule has 0 unspecified atom stereocenters. The molecule has 1 fully saturated rings. The van der Waals surface area contributed by atoms with Gasteiger partial charge in [0.25, 0.3) is 5.91 Å². The van der Waals surface area contributed by atoms with Crippen molar-refractivity contribution in [3.63, 3.8) is 0 Å². The molecule has 0 bridgehead atoms. The molecule has 0 spiro atoms. The zero-order chi connectivity index (χ0) is 23.9. The smallest absolute Gasteiger partial charge is 0.264 e. The number of carbonyl (C=O) groups excluding carboxylic acids is 1. The van der Waals surface area contributed by atoms with Crippen molar-refractivity contribution >= 4 is 44.5 Å². The number of amides is 1. The van der Waals surface area contributed by atoms with Crippen LogP contribution in [0.25, 0.3) is 16.2 Å². The molecule has 3 aromatic heterocycles. The van der Waals surface area contributed by atoms with Crippen LogP contribution in [-0.2, 0) is 6.42 Å². The van der Waals surface area contributed by atoms with Crippen LogP contribution < -0.4 is 10.2 Å². The number of aromatic nitrogens is 3. The van der Waals surface area contributed by atoms with E-state index in [0.717, 1.165) is 51.6 Å². The molecule has 4 heterocycles. The Morgan fingerprint density at radius 3 is 2.44 bits per heavy atom. The second-order valence-corrected chi connectivity index (χ2v) is 11.5. The van der Waals surface area contributed by atoms with Crippen LogP contribution in [0.4, 0.5) is 10.9 Å². The lowest BCUT2D eigenvalue weighted by molar-refractivity contribution is 0.0751. The summed E-state index contributed by atoms with van der Waals surface area (Å²) in [5, 5.41) is 11.5. The SMILES string of the molecule is CCc1ccc(-c2nc3sc(N4CCN(C(=O)c5cccs5)CC4)nn3c2NC(C)(C)C)cc1. The minimum absolute atomic E-state index is 0.124. The van der Waals surface area contributed by atoms with Gasteiger partial charge < -0.3 is 15.1 Å². The molecule has 1 N–H and O–H groups in total. The number of carbonyl (C=O) groups is 1. The number of nitrogens with zero attached hydrogens (tertiary/aromatic N) is 5. The number of imidazole rings is 1. The molecule has 1 aliphatic heterocycles. The van der Waals surface area contributed by atoms with Crippen LogP contribution >= 0.6 is 22.7 Å². The van der Waals surface area contributed by atoms with E-state index in [4.69, 9.17) is 10.1 Å². The summed E-state index contributed by atoms with van der Waals surface area (Å²) in [6.45, 7) is 11.5. The average molecular weight is 495 g/mol. The summed E-state index contributed by atoms with van der Waals surface area (Å²) >= 11 is 3.10. The lowest BCUT2D eigenvalue weighted by Crippen LogP contribution is -2.48. The number of hydrogen-bond acceptors (Lipinski definition) is 7. The van der Waals surface area contributed by atoms with Gasteiger partial charge in [-0.25, -0.2) is 4.98 Å². The fourth-order valence-corrected chi connectivity index (χ4v) is 5.73. The summed E-state index contributed by atoms with van der Waals surface area (Å²) in [4.78, 5) is 23.5. The zero-order valence-electron chi connectivity index (χ0n) is 20.0. The number of benzene rings is 1. The fourth-order valence-electron chi connectivity index (χ4n) is 4.09. The molecule has 1 aliphatic rings. The third-order valence-corrected chi connectivity index (χ3v) is 7.72. The van der Waals surface area contributed by atoms with E-state index in [1.165, 1.54) is 16.9 Å². The molecule has 0 radical (unpaired) electrons. The summed E-state index contributed by atoms with van der Waals surface area (Å²) in [6.07, 6.45) is 1.02. The number of rotatable bonds is 5. The third-order valence-electron chi connectivity index (χ3n) is 5.89. The normalized spacial score (nSPS) is 14.7. The number of fused-ring (bicyclic) bond motifs is 1. The van der Waals surface area contributed by atoms with Crippen molar-refractivity contribution in [1.82, 2.24) is 19.5 Å². The van der Waals surface area contributed by atoms with Gasteiger partial charge in [0.05, 0.1) is 4.88 Å². The minimum Gasteiger partial charge on any atom is -0.364 e. The summed E-state index contributed by atoms with van der Waals surface area (Å²) in [6, 6.07) is 12.4. The Labute approximate surface area is 208 Å². The Hall–Kier alpha value is -2.91. The number of thiophene rings is 1. The molecule has 1 aromatic carbocycles. The van der Waals surface area contributed by atoms with Crippen LogP contribution in [-0.4, -0.2) is 57.1 Å². The number of aryl methyl sites for hydroxylation is 1. The second-order valence-electron chi connectivity index (χ2n) is 9.57. The molecule has 9 heteroatoms. The first-order valence-corrected chi connectivity index (χ1v) is 13.4. The first-order chi connectivity index (χ1) is 16.3. The quantitative estimate of drug-likeness (QED) is 0.410. The number of piperazine rings is 1. The van der Waals surface area contributed by atoms with Gasteiger partial charge in [-0.1, -0.05) is 48.6 Å². The van der Waals surface area contributed by atoms with Gasteiger partial charge in [-0.3, -0.25) is 4.79 Å². The summed E-state index contributed by atoms with van der Waals surface area (Å²) < 4.78 is 1.94. The lowest BCUT2D eigenvalue weighted by Gasteiger charge is -2.34. The highest BCUT2D eigenvalue weighted by molar-refractivity contribution is 7.20. The van der Waals surface area contributed by atoms with Crippen LogP contribution in [0.15, 0.2) is 41.8 Å². The molecule has 178 valence electrons. The Kier molecular flexibility index (Phi) is 6.07. The Balaban J connectivity index is 1.40. The third kappa shape index (κ3) is 4.54. The Morgan fingerprint density at radius 2 is 1.82 bits per heavy atom. The highest BCUT2D eigenvalue weighted by Crippen LogP contribution is 2.35. The molecule has 4 aromatic rings. The van der Waals surface area contributed by atoms with Crippen molar-refractivity contribution in [2.75, 3.05) is 36.4 Å². The van der Waals surface area contributed by atoms with E-state index in [1.807, 2.05) is 26.9 Å². The zero-order valence-corrected chi connectivity index (χ0v) is 21.7. The van der Waals surface area contributed by atoms with Crippen LogP contribution in [0.1, 0.15) is 42.9 Å². The summed E-state index contributed by atoms with van der Waals surface area (Å²) in [7, 11) is 0. The number of anilines is 2. The molecule has 0 atom stereocenters. The summed E-state index contributed by atoms with van der Waals surface area (Å²) in [5.74, 6) is 1.04. The molecule has 5 rings (SSSR count). The maximum absolute atomic E-state index is 12.7. The van der Waals surface area contributed by atoms with Crippen LogP contribution in [0.3, 0.4) is 0 Å². The van der Waals surface area contributed by atoms with Gasteiger partial charge in [0.15, 0.2) is 5.82 Å². The molecule has 1 saturated heterocycles. The monoisotopic (exact) mass is 494 g/mol. The van der Waals surface area contributed by atoms with E-state index in [2.05, 4.69) is 62.2 Å². The second kappa shape index (κ2) is 9.03. The van der Waals surface area contributed by atoms with Gasteiger partial charge in [-0.2, -0.15) is 4.52 Å². The highest BCUT2D eigenvalue weighted by atomic mass is 32.1. The largest absolute Gasteiger partial charge is 0.364 e. The van der Waals surface area contributed by atoms with E-state index in [9.17, 15) is 4.79 Å². The predicted octanol–water partition coefficient (Wildman–Crippen LogP) is 5.25. The van der Waals surface area contributed by atoms with Gasteiger partial charge in [-0.05, 0) is 44.2 Å². The molecular formula is C25H30N6OS2. The predicted molar refractivity (Wildman–Crippen MR) is 141 cm³/mol. The standard InChI is InChI=1S/C25H30N6OS2/c1-5-17-8-10-18(11-9-17)20-21(27-25(2,3)4)31-23(26-20)34-24(28-31)30-14-12-29(13-15-30)22(32)19-7-6-16-33-19/h6-11,16,27H,5,12-15H2,1-4H3. The van der Waals surface area contributed by atoms with Crippen LogP contribution in [0.5, 0.6) is 0 Å². The van der Waals surface area contributed by atoms with E-state index < -0.39 is 0 Å². The number of hydrogen-bond donors (Lipinski definition) is 1. The highest BCUT2D eigenvalue weighted by Gasteiger charge is 2.27. The van der Waals surface area contributed by atoms with Gasteiger partial charge in [0.2, 0.25) is 10.1 Å². The van der Waals surface area contributed by atoms with Crippen molar-refractivity contribution < 1.29 is 4.79 Å². The molecule has 1 amide bonds. The first-order valence-electron chi connectivity index (χ1n) is 11.7. The van der Waals surface area contributed by atoms with Crippen molar-refractivity contribution in [2.45, 2.75) is 39.7 Å². The fraction of sp³-hybridized carbons (Fsp3) is 0.400. The van der Waals surface area contributed by atoms with Crippen LogP contribution in [0, 0.1) is 0 Å². The maximum atomic E-state index is 12.7.